The lowest BCUT2D eigenvalue weighted by Crippen LogP contribution is -2.57. The highest BCUT2D eigenvalue weighted by Crippen LogP contribution is 2.33. The van der Waals surface area contributed by atoms with Crippen LogP contribution in [0.2, 0.25) is 0 Å². The highest BCUT2D eigenvalue weighted by atomic mass is 16.5. The lowest BCUT2D eigenvalue weighted by Gasteiger charge is -2.37. The van der Waals surface area contributed by atoms with Crippen LogP contribution in [-0.4, -0.2) is 35.8 Å². The van der Waals surface area contributed by atoms with Crippen LogP contribution in [0.4, 0.5) is 0 Å². The molecule has 1 aliphatic heterocycles. The molecule has 5 heteroatoms. The summed E-state index contributed by atoms with van der Waals surface area (Å²) >= 11 is 0. The first-order valence-electron chi connectivity index (χ1n) is 9.61. The Morgan fingerprint density at radius 1 is 1.15 bits per heavy atom. The van der Waals surface area contributed by atoms with Crippen molar-refractivity contribution < 1.29 is 14.6 Å². The lowest BCUT2D eigenvalue weighted by atomic mass is 9.90. The zero-order valence-corrected chi connectivity index (χ0v) is 15.6. The normalized spacial score (nSPS) is 23.5. The van der Waals surface area contributed by atoms with Crippen LogP contribution in [0.15, 0.2) is 48.5 Å². The lowest BCUT2D eigenvalue weighted by molar-refractivity contribution is -0.140. The first-order valence-corrected chi connectivity index (χ1v) is 9.61. The Balaban J connectivity index is 1.57. The van der Waals surface area contributed by atoms with E-state index in [0.29, 0.717) is 25.0 Å². The molecule has 1 saturated heterocycles. The average molecular weight is 366 g/mol. The molecule has 142 valence electrons. The quantitative estimate of drug-likeness (QED) is 0.776. The molecule has 2 aromatic carbocycles. The van der Waals surface area contributed by atoms with E-state index in [-0.39, 0.29) is 11.9 Å². The molecule has 5 nitrogen and oxygen atoms in total. The van der Waals surface area contributed by atoms with E-state index in [1.54, 1.807) is 0 Å². The number of fused-ring (bicyclic) bond motifs is 1. The van der Waals surface area contributed by atoms with Crippen LogP contribution in [0.3, 0.4) is 0 Å². The molecule has 1 heterocycles. The van der Waals surface area contributed by atoms with Gasteiger partial charge in [0.15, 0.2) is 5.60 Å². The smallest absolute Gasteiger partial charge is 0.264 e. The summed E-state index contributed by atoms with van der Waals surface area (Å²) in [5.74, 6) is 0.551. The predicted molar refractivity (Wildman–Crippen MR) is 104 cm³/mol. The number of benzene rings is 2. The molecule has 0 spiro atoms. The highest BCUT2D eigenvalue weighted by molar-refractivity contribution is 5.86. The van der Waals surface area contributed by atoms with Crippen molar-refractivity contribution in [2.45, 2.75) is 43.9 Å². The van der Waals surface area contributed by atoms with Gasteiger partial charge < -0.3 is 20.5 Å². The Morgan fingerprint density at radius 2 is 1.85 bits per heavy atom. The number of aliphatic hydroxyl groups excluding tert-OH is 1. The predicted octanol–water partition coefficient (Wildman–Crippen LogP) is 2.27. The topological polar surface area (TPSA) is 70.6 Å². The second-order valence-corrected chi connectivity index (χ2v) is 7.58. The summed E-state index contributed by atoms with van der Waals surface area (Å²) in [5.41, 5.74) is 2.32. The summed E-state index contributed by atoms with van der Waals surface area (Å²) < 4.78 is 6.26. The Kier molecular flexibility index (Phi) is 4.89. The van der Waals surface area contributed by atoms with E-state index >= 15 is 0 Å². The summed E-state index contributed by atoms with van der Waals surface area (Å²) in [6, 6.07) is 15.3. The number of amides is 1. The van der Waals surface area contributed by atoms with Crippen molar-refractivity contribution in [3.63, 3.8) is 0 Å². The zero-order chi connectivity index (χ0) is 18.9. The number of carbonyl (C=O) groups is 1. The van der Waals surface area contributed by atoms with E-state index in [4.69, 9.17) is 4.74 Å². The third-order valence-corrected chi connectivity index (χ3v) is 5.65. The van der Waals surface area contributed by atoms with Gasteiger partial charge in [0.2, 0.25) is 0 Å². The largest absolute Gasteiger partial charge is 0.477 e. The van der Waals surface area contributed by atoms with Gasteiger partial charge in [0.05, 0.1) is 12.1 Å². The van der Waals surface area contributed by atoms with Gasteiger partial charge in [0.1, 0.15) is 5.75 Å². The van der Waals surface area contributed by atoms with Crippen molar-refractivity contribution >= 4 is 5.91 Å². The van der Waals surface area contributed by atoms with Crippen LogP contribution in [0, 0.1) is 6.92 Å². The fourth-order valence-corrected chi connectivity index (χ4v) is 4.06. The second-order valence-electron chi connectivity index (χ2n) is 7.58. The summed E-state index contributed by atoms with van der Waals surface area (Å²) in [6.45, 7) is 3.47. The Labute approximate surface area is 159 Å². The molecule has 3 N–H and O–H groups in total. The second kappa shape index (κ2) is 7.33. The zero-order valence-electron chi connectivity index (χ0n) is 15.6. The molecule has 0 bridgehead atoms. The number of hydrogen-bond acceptors (Lipinski definition) is 4. The van der Waals surface area contributed by atoms with Gasteiger partial charge in [-0.3, -0.25) is 4.79 Å². The number of hydrogen-bond donors (Lipinski definition) is 3. The number of nitrogens with one attached hydrogen (secondary N) is 2. The van der Waals surface area contributed by atoms with Gasteiger partial charge in [-0.15, -0.1) is 0 Å². The Hall–Kier alpha value is -2.37. The highest BCUT2D eigenvalue weighted by Gasteiger charge is 2.44. The molecule has 2 aliphatic rings. The SMILES string of the molecule is Cc1ccc(OC2(C(=O)N[C@@H]3c4ccccc4C[C@@H]3O)CCNCC2)cc1. The third-order valence-electron chi connectivity index (χ3n) is 5.65. The number of rotatable bonds is 4. The number of piperidine rings is 1. The Bertz CT molecular complexity index is 813. The van der Waals surface area contributed by atoms with E-state index in [2.05, 4.69) is 10.6 Å². The molecule has 0 unspecified atom stereocenters. The van der Waals surface area contributed by atoms with E-state index in [9.17, 15) is 9.90 Å². The van der Waals surface area contributed by atoms with E-state index in [1.807, 2.05) is 55.5 Å². The summed E-state index contributed by atoms with van der Waals surface area (Å²) in [4.78, 5) is 13.3. The first kappa shape index (κ1) is 18.0. The van der Waals surface area contributed by atoms with Crippen LogP contribution in [0.1, 0.15) is 35.6 Å². The molecule has 0 saturated carbocycles. The fraction of sp³-hybridized carbons (Fsp3) is 0.409. The van der Waals surface area contributed by atoms with E-state index < -0.39 is 11.7 Å². The molecule has 27 heavy (non-hydrogen) atoms. The van der Waals surface area contributed by atoms with E-state index in [1.165, 1.54) is 0 Å². The van der Waals surface area contributed by atoms with Gasteiger partial charge in [-0.25, -0.2) is 0 Å². The monoisotopic (exact) mass is 366 g/mol. The maximum atomic E-state index is 13.3. The van der Waals surface area contributed by atoms with Crippen molar-refractivity contribution in [1.82, 2.24) is 10.6 Å². The number of carbonyl (C=O) groups excluding carboxylic acids is 1. The van der Waals surface area contributed by atoms with Crippen molar-refractivity contribution in [2.24, 2.45) is 0 Å². The summed E-state index contributed by atoms with van der Waals surface area (Å²) in [6.07, 6.45) is 1.15. The van der Waals surface area contributed by atoms with Gasteiger partial charge in [0.25, 0.3) is 5.91 Å². The van der Waals surface area contributed by atoms with E-state index in [0.717, 1.165) is 29.8 Å². The number of aliphatic hydroxyl groups is 1. The van der Waals surface area contributed by atoms with Crippen LogP contribution >= 0.6 is 0 Å². The molecule has 0 radical (unpaired) electrons. The van der Waals surface area contributed by atoms with Crippen LogP contribution in [-0.2, 0) is 11.2 Å². The molecular formula is C22H26N2O3. The van der Waals surface area contributed by atoms with Crippen LogP contribution < -0.4 is 15.4 Å². The molecule has 2 atom stereocenters. The first-order chi connectivity index (χ1) is 13.1. The number of aryl methyl sites for hydroxylation is 1. The van der Waals surface area contributed by atoms with Gasteiger partial charge in [-0.2, -0.15) is 0 Å². The molecule has 4 rings (SSSR count). The average Bonchev–Trinajstić information content (AvgIpc) is 3.00. The van der Waals surface area contributed by atoms with Gasteiger partial charge in [-0.1, -0.05) is 42.0 Å². The maximum Gasteiger partial charge on any atom is 0.264 e. The minimum absolute atomic E-state index is 0.148. The van der Waals surface area contributed by atoms with Crippen molar-refractivity contribution in [1.29, 1.82) is 0 Å². The van der Waals surface area contributed by atoms with Gasteiger partial charge in [-0.05, 0) is 43.3 Å². The molecule has 0 aromatic heterocycles. The molecular weight excluding hydrogens is 340 g/mol. The van der Waals surface area contributed by atoms with Crippen LogP contribution in [0.5, 0.6) is 5.75 Å². The standard InChI is InChI=1S/C22H26N2O3/c1-15-6-8-17(9-7-15)27-22(10-12-23-13-11-22)21(26)24-20-18-5-3-2-4-16(18)14-19(20)25/h2-9,19-20,23,25H,10-14H2,1H3,(H,24,26)/t19-,20+/m0/s1. The minimum atomic E-state index is -0.919. The van der Waals surface area contributed by atoms with Crippen molar-refractivity contribution in [3.05, 3.63) is 65.2 Å². The summed E-state index contributed by atoms with van der Waals surface area (Å²) in [5, 5.41) is 16.9. The number of ether oxygens (including phenoxy) is 1. The van der Waals surface area contributed by atoms with Crippen molar-refractivity contribution in [2.75, 3.05) is 13.1 Å². The van der Waals surface area contributed by atoms with Gasteiger partial charge >= 0.3 is 0 Å². The third kappa shape index (κ3) is 3.57. The van der Waals surface area contributed by atoms with Crippen LogP contribution in [0.25, 0.3) is 0 Å². The Morgan fingerprint density at radius 3 is 2.59 bits per heavy atom. The maximum absolute atomic E-state index is 13.3. The molecule has 1 aliphatic carbocycles. The van der Waals surface area contributed by atoms with Gasteiger partial charge in [0, 0.05) is 19.3 Å². The molecule has 1 amide bonds. The minimum Gasteiger partial charge on any atom is -0.477 e. The molecule has 2 aromatic rings. The van der Waals surface area contributed by atoms with Crippen molar-refractivity contribution in [3.8, 4) is 5.75 Å². The molecule has 1 fully saturated rings. The fourth-order valence-electron chi connectivity index (χ4n) is 4.06. The summed E-state index contributed by atoms with van der Waals surface area (Å²) in [7, 11) is 0.